The first kappa shape index (κ1) is 13.4. The minimum absolute atomic E-state index is 0.0378. The fourth-order valence-electron chi connectivity index (χ4n) is 1.25. The third kappa shape index (κ3) is 4.40. The lowest BCUT2D eigenvalue weighted by molar-refractivity contribution is -0.118. The van der Waals surface area contributed by atoms with E-state index in [4.69, 9.17) is 0 Å². The molecule has 0 aliphatic rings. The Morgan fingerprint density at radius 3 is 2.94 bits per heavy atom. The zero-order chi connectivity index (χ0) is 12.7. The molecule has 17 heavy (non-hydrogen) atoms. The Morgan fingerprint density at radius 2 is 2.29 bits per heavy atom. The number of esters is 1. The summed E-state index contributed by atoms with van der Waals surface area (Å²) in [7, 11) is 1.37. The van der Waals surface area contributed by atoms with Crippen LogP contribution in [0.25, 0.3) is 6.08 Å². The van der Waals surface area contributed by atoms with E-state index in [-0.39, 0.29) is 11.9 Å². The number of carbonyl (C=O) groups is 2. The number of hydrogen-bond acceptors (Lipinski definition) is 4. The highest BCUT2D eigenvalue weighted by atomic mass is 32.1. The lowest BCUT2D eigenvalue weighted by atomic mass is 10.2. The lowest BCUT2D eigenvalue weighted by Gasteiger charge is -1.98. The van der Waals surface area contributed by atoms with Crippen molar-refractivity contribution in [3.63, 3.8) is 0 Å². The second kappa shape index (κ2) is 6.85. The molecule has 92 valence electrons. The first-order valence-corrected chi connectivity index (χ1v) is 6.10. The Balaban J connectivity index is 2.51. The van der Waals surface area contributed by atoms with Crippen molar-refractivity contribution in [2.75, 3.05) is 13.7 Å². The van der Waals surface area contributed by atoms with Gasteiger partial charge in [0.1, 0.15) is 4.88 Å². The molecule has 0 atom stereocenters. The summed E-state index contributed by atoms with van der Waals surface area (Å²) >= 11 is 1.36. The molecule has 0 aliphatic carbocycles. The third-order valence-electron chi connectivity index (χ3n) is 2.05. The Kier molecular flexibility index (Phi) is 5.42. The van der Waals surface area contributed by atoms with E-state index < -0.39 is 0 Å². The summed E-state index contributed by atoms with van der Waals surface area (Å²) in [6.07, 6.45) is 4.52. The smallest absolute Gasteiger partial charge is 0.348 e. The number of carbonyl (C=O) groups excluding carboxylic acids is 2. The van der Waals surface area contributed by atoms with Crippen LogP contribution in [0.1, 0.15) is 28.6 Å². The molecule has 1 aromatic heterocycles. The predicted molar refractivity (Wildman–Crippen MR) is 68.0 cm³/mol. The van der Waals surface area contributed by atoms with Crippen LogP contribution in [-0.2, 0) is 9.53 Å². The number of methoxy groups -OCH3 is 1. The largest absolute Gasteiger partial charge is 0.465 e. The van der Waals surface area contributed by atoms with Crippen LogP contribution in [-0.4, -0.2) is 25.5 Å². The first-order chi connectivity index (χ1) is 8.15. The van der Waals surface area contributed by atoms with E-state index in [0.29, 0.717) is 11.4 Å². The minimum atomic E-state index is -0.318. The van der Waals surface area contributed by atoms with Crippen LogP contribution < -0.4 is 5.32 Å². The summed E-state index contributed by atoms with van der Waals surface area (Å²) in [6, 6.07) is 1.87. The van der Waals surface area contributed by atoms with Gasteiger partial charge in [-0.2, -0.15) is 0 Å². The van der Waals surface area contributed by atoms with Gasteiger partial charge in [-0.1, -0.05) is 12.2 Å². The molecule has 1 amide bonds. The van der Waals surface area contributed by atoms with Gasteiger partial charge in [-0.3, -0.25) is 4.79 Å². The monoisotopic (exact) mass is 253 g/mol. The van der Waals surface area contributed by atoms with E-state index in [0.717, 1.165) is 12.0 Å². The summed E-state index contributed by atoms with van der Waals surface area (Å²) in [5.74, 6) is -0.356. The van der Waals surface area contributed by atoms with E-state index >= 15 is 0 Å². The van der Waals surface area contributed by atoms with Gasteiger partial charge >= 0.3 is 5.97 Å². The third-order valence-corrected chi connectivity index (χ3v) is 2.96. The molecule has 0 saturated carbocycles. The van der Waals surface area contributed by atoms with Gasteiger partial charge in [0.05, 0.1) is 7.11 Å². The standard InChI is InChI=1S/C12H15NO3S/c1-9(14)13-7-4-3-5-10-6-8-17-11(10)12(15)16-2/h3,5-6,8H,4,7H2,1-2H3,(H,13,14). The van der Waals surface area contributed by atoms with Crippen molar-refractivity contribution in [3.8, 4) is 0 Å². The van der Waals surface area contributed by atoms with Gasteiger partial charge in [0, 0.05) is 13.5 Å². The predicted octanol–water partition coefficient (Wildman–Crippen LogP) is 2.07. The molecule has 0 spiro atoms. The Labute approximate surface area is 104 Å². The quantitative estimate of drug-likeness (QED) is 0.645. The number of rotatable bonds is 5. The van der Waals surface area contributed by atoms with Crippen LogP contribution in [0.4, 0.5) is 0 Å². The van der Waals surface area contributed by atoms with Crippen LogP contribution in [0.5, 0.6) is 0 Å². The van der Waals surface area contributed by atoms with Crippen molar-refractivity contribution in [2.24, 2.45) is 0 Å². The van der Waals surface area contributed by atoms with Gasteiger partial charge < -0.3 is 10.1 Å². The summed E-state index contributed by atoms with van der Waals surface area (Å²) in [5.41, 5.74) is 0.852. The average Bonchev–Trinajstić information content (AvgIpc) is 2.75. The first-order valence-electron chi connectivity index (χ1n) is 5.22. The van der Waals surface area contributed by atoms with Gasteiger partial charge in [-0.05, 0) is 23.4 Å². The average molecular weight is 253 g/mol. The molecule has 1 heterocycles. The number of thiophene rings is 1. The van der Waals surface area contributed by atoms with Gasteiger partial charge in [-0.25, -0.2) is 4.79 Å². The van der Waals surface area contributed by atoms with Crippen LogP contribution in [0.15, 0.2) is 17.5 Å². The van der Waals surface area contributed by atoms with Gasteiger partial charge in [0.15, 0.2) is 0 Å². The summed E-state index contributed by atoms with van der Waals surface area (Å²) < 4.78 is 4.67. The van der Waals surface area contributed by atoms with Crippen molar-refractivity contribution in [2.45, 2.75) is 13.3 Å². The summed E-state index contributed by atoms with van der Waals surface area (Å²) in [6.45, 7) is 2.08. The lowest BCUT2D eigenvalue weighted by Crippen LogP contribution is -2.20. The molecule has 0 radical (unpaired) electrons. The highest BCUT2D eigenvalue weighted by molar-refractivity contribution is 7.12. The molecular weight excluding hydrogens is 238 g/mol. The van der Waals surface area contributed by atoms with Crippen LogP contribution >= 0.6 is 11.3 Å². The van der Waals surface area contributed by atoms with Crippen molar-refractivity contribution >= 4 is 29.3 Å². The fraction of sp³-hybridized carbons (Fsp3) is 0.333. The maximum atomic E-state index is 11.4. The highest BCUT2D eigenvalue weighted by Crippen LogP contribution is 2.19. The molecular formula is C12H15NO3S. The molecule has 4 nitrogen and oxygen atoms in total. The van der Waals surface area contributed by atoms with Gasteiger partial charge in [0.25, 0.3) is 0 Å². The SMILES string of the molecule is COC(=O)c1sccc1C=CCCNC(C)=O. The fourth-order valence-corrected chi connectivity index (χ4v) is 2.05. The maximum absolute atomic E-state index is 11.4. The Morgan fingerprint density at radius 1 is 1.53 bits per heavy atom. The van der Waals surface area contributed by atoms with Crippen LogP contribution in [0, 0.1) is 0 Å². The van der Waals surface area contributed by atoms with Crippen molar-refractivity contribution in [1.82, 2.24) is 5.32 Å². The Bertz CT molecular complexity index is 423. The second-order valence-corrected chi connectivity index (χ2v) is 4.29. The van der Waals surface area contributed by atoms with Gasteiger partial charge in [-0.15, -0.1) is 11.3 Å². The highest BCUT2D eigenvalue weighted by Gasteiger charge is 2.10. The molecule has 0 aliphatic heterocycles. The van der Waals surface area contributed by atoms with Crippen LogP contribution in [0.3, 0.4) is 0 Å². The molecule has 0 unspecified atom stereocenters. The number of hydrogen-bond donors (Lipinski definition) is 1. The molecule has 5 heteroatoms. The Hall–Kier alpha value is -1.62. The van der Waals surface area contributed by atoms with Crippen LogP contribution in [0.2, 0.25) is 0 Å². The zero-order valence-electron chi connectivity index (χ0n) is 9.86. The minimum Gasteiger partial charge on any atom is -0.465 e. The zero-order valence-corrected chi connectivity index (χ0v) is 10.7. The van der Waals surface area contributed by atoms with Crippen molar-refractivity contribution < 1.29 is 14.3 Å². The van der Waals surface area contributed by atoms with Gasteiger partial charge in [0.2, 0.25) is 5.91 Å². The van der Waals surface area contributed by atoms with E-state index in [9.17, 15) is 9.59 Å². The van der Waals surface area contributed by atoms with Crippen molar-refractivity contribution in [1.29, 1.82) is 0 Å². The molecule has 1 rings (SSSR count). The normalized spacial score (nSPS) is 10.5. The summed E-state index contributed by atoms with van der Waals surface area (Å²) in [4.78, 5) is 22.6. The molecule has 0 aromatic carbocycles. The molecule has 0 saturated heterocycles. The number of nitrogens with one attached hydrogen (secondary N) is 1. The number of amides is 1. The molecule has 1 aromatic rings. The van der Waals surface area contributed by atoms with Crippen molar-refractivity contribution in [3.05, 3.63) is 28.0 Å². The van der Waals surface area contributed by atoms with E-state index in [1.807, 2.05) is 23.6 Å². The molecule has 0 bridgehead atoms. The van der Waals surface area contributed by atoms with E-state index in [1.54, 1.807) is 0 Å². The number of ether oxygens (including phenoxy) is 1. The summed E-state index contributed by atoms with van der Waals surface area (Å²) in [5, 5.41) is 4.54. The molecule has 1 N–H and O–H groups in total. The molecule has 0 fully saturated rings. The maximum Gasteiger partial charge on any atom is 0.348 e. The second-order valence-electron chi connectivity index (χ2n) is 3.37. The van der Waals surface area contributed by atoms with E-state index in [2.05, 4.69) is 10.1 Å². The topological polar surface area (TPSA) is 55.4 Å². The van der Waals surface area contributed by atoms with E-state index in [1.165, 1.54) is 25.4 Å².